The van der Waals surface area contributed by atoms with Gasteiger partial charge in [0.05, 0.1) is 0 Å². The van der Waals surface area contributed by atoms with Gasteiger partial charge in [0.1, 0.15) is 0 Å². The van der Waals surface area contributed by atoms with Crippen molar-refractivity contribution < 1.29 is 14.7 Å². The molecule has 0 bridgehead atoms. The van der Waals surface area contributed by atoms with Crippen LogP contribution in [0.1, 0.15) is 52.6 Å². The van der Waals surface area contributed by atoms with Crippen molar-refractivity contribution in [3.8, 4) is 0 Å². The van der Waals surface area contributed by atoms with Gasteiger partial charge in [0.25, 0.3) is 5.91 Å². The quantitative estimate of drug-likeness (QED) is 0.828. The van der Waals surface area contributed by atoms with E-state index in [-0.39, 0.29) is 11.6 Å². The zero-order valence-electron chi connectivity index (χ0n) is 12.0. The van der Waals surface area contributed by atoms with E-state index in [2.05, 4.69) is 12.0 Å². The van der Waals surface area contributed by atoms with Crippen LogP contribution in [0.15, 0.2) is 36.5 Å². The molecule has 1 heterocycles. The van der Waals surface area contributed by atoms with E-state index in [0.717, 1.165) is 17.5 Å². The number of benzene rings is 1. The average Bonchev–Trinajstić information content (AvgIpc) is 2.97. The Morgan fingerprint density at radius 2 is 1.86 bits per heavy atom. The number of nitrogens with zero attached hydrogens (tertiary/aromatic N) is 2. The number of hydrogen-bond donors (Lipinski definition) is 1. The summed E-state index contributed by atoms with van der Waals surface area (Å²) in [4.78, 5) is 22.9. The molecule has 0 spiro atoms. The highest BCUT2D eigenvalue weighted by Gasteiger charge is 2.13. The highest BCUT2D eigenvalue weighted by Crippen LogP contribution is 2.10. The van der Waals surface area contributed by atoms with Crippen LogP contribution in [-0.2, 0) is 6.42 Å². The maximum atomic E-state index is 12.2. The van der Waals surface area contributed by atoms with Crippen LogP contribution in [0.3, 0.4) is 0 Å². The van der Waals surface area contributed by atoms with Gasteiger partial charge in [-0.25, -0.2) is 9.48 Å². The SMILES string of the molecule is CCCCCc1ccc(C(=O)n2ccc(C(=O)O)n2)cc1. The van der Waals surface area contributed by atoms with Crippen LogP contribution in [0.25, 0.3) is 0 Å². The molecule has 0 fully saturated rings. The number of unbranched alkanes of at least 4 members (excludes halogenated alkanes) is 2. The number of carbonyl (C=O) groups excluding carboxylic acids is 1. The van der Waals surface area contributed by atoms with Gasteiger partial charge in [-0.15, -0.1) is 0 Å². The molecule has 0 saturated carbocycles. The molecule has 2 aromatic rings. The van der Waals surface area contributed by atoms with Crippen molar-refractivity contribution in [3.63, 3.8) is 0 Å². The molecule has 1 N–H and O–H groups in total. The summed E-state index contributed by atoms with van der Waals surface area (Å²) in [6.45, 7) is 2.16. The molecule has 0 aliphatic heterocycles. The molecule has 110 valence electrons. The number of rotatable bonds is 6. The molecule has 0 amide bonds. The fourth-order valence-electron chi connectivity index (χ4n) is 2.08. The van der Waals surface area contributed by atoms with Crippen LogP contribution in [0.5, 0.6) is 0 Å². The number of aromatic carboxylic acids is 1. The van der Waals surface area contributed by atoms with E-state index in [4.69, 9.17) is 5.11 Å². The maximum absolute atomic E-state index is 12.2. The topological polar surface area (TPSA) is 72.2 Å². The summed E-state index contributed by atoms with van der Waals surface area (Å²) in [6.07, 6.45) is 5.90. The molecule has 5 nitrogen and oxygen atoms in total. The van der Waals surface area contributed by atoms with Crippen molar-refractivity contribution in [1.82, 2.24) is 9.78 Å². The number of hydrogen-bond acceptors (Lipinski definition) is 3. The Morgan fingerprint density at radius 3 is 2.43 bits per heavy atom. The van der Waals surface area contributed by atoms with Gasteiger partial charge in [-0.1, -0.05) is 31.9 Å². The lowest BCUT2D eigenvalue weighted by Crippen LogP contribution is -2.13. The highest BCUT2D eigenvalue weighted by atomic mass is 16.4. The van der Waals surface area contributed by atoms with Crippen LogP contribution < -0.4 is 0 Å². The Kier molecular flexibility index (Phi) is 4.87. The summed E-state index contributed by atoms with van der Waals surface area (Å²) < 4.78 is 1.05. The molecule has 2 rings (SSSR count). The molecule has 1 aromatic heterocycles. The van der Waals surface area contributed by atoms with Crippen LogP contribution in [0.4, 0.5) is 0 Å². The number of carboxylic acids is 1. The van der Waals surface area contributed by atoms with Crippen LogP contribution >= 0.6 is 0 Å². The molecule has 1 aromatic carbocycles. The average molecular weight is 286 g/mol. The van der Waals surface area contributed by atoms with Gasteiger partial charge in [0.2, 0.25) is 0 Å². The smallest absolute Gasteiger partial charge is 0.356 e. The zero-order valence-corrected chi connectivity index (χ0v) is 12.0. The number of carbonyl (C=O) groups is 2. The maximum Gasteiger partial charge on any atom is 0.356 e. The van der Waals surface area contributed by atoms with Gasteiger partial charge < -0.3 is 5.11 Å². The number of aryl methyl sites for hydroxylation is 1. The van der Waals surface area contributed by atoms with Crippen molar-refractivity contribution >= 4 is 11.9 Å². The molecule has 0 saturated heterocycles. The molecule has 0 aliphatic carbocycles. The molecule has 5 heteroatoms. The first-order chi connectivity index (χ1) is 10.1. The van der Waals surface area contributed by atoms with E-state index in [9.17, 15) is 9.59 Å². The predicted octanol–water partition coefficient (Wildman–Crippen LogP) is 3.00. The lowest BCUT2D eigenvalue weighted by atomic mass is 10.1. The summed E-state index contributed by atoms with van der Waals surface area (Å²) in [5.41, 5.74) is 1.56. The molecular formula is C16H18N2O3. The lowest BCUT2D eigenvalue weighted by Gasteiger charge is -2.03. The van der Waals surface area contributed by atoms with E-state index in [0.29, 0.717) is 5.56 Å². The summed E-state index contributed by atoms with van der Waals surface area (Å²) in [5.74, 6) is -1.48. The first-order valence-electron chi connectivity index (χ1n) is 7.04. The standard InChI is InChI=1S/C16H18N2O3/c1-2-3-4-5-12-6-8-13(9-7-12)15(19)18-11-10-14(17-18)16(20)21/h6-11H,2-5H2,1H3,(H,20,21). The number of carboxylic acid groups (broad SMARTS) is 1. The Bertz CT molecular complexity index is 629. The lowest BCUT2D eigenvalue weighted by molar-refractivity contribution is 0.0689. The Hall–Kier alpha value is -2.43. The first kappa shape index (κ1) is 15.0. The molecule has 0 radical (unpaired) electrons. The van der Waals surface area contributed by atoms with Gasteiger partial charge in [-0.2, -0.15) is 5.10 Å². The van der Waals surface area contributed by atoms with Gasteiger partial charge >= 0.3 is 5.97 Å². The van der Waals surface area contributed by atoms with Gasteiger partial charge in [-0.05, 0) is 36.6 Å². The van der Waals surface area contributed by atoms with Crippen molar-refractivity contribution in [3.05, 3.63) is 53.3 Å². The molecule has 0 aliphatic rings. The molecule has 0 unspecified atom stereocenters. The van der Waals surface area contributed by atoms with Crippen molar-refractivity contribution in [2.24, 2.45) is 0 Å². The summed E-state index contributed by atoms with van der Waals surface area (Å²) >= 11 is 0. The Balaban J connectivity index is 2.06. The Labute approximate surface area is 123 Å². The van der Waals surface area contributed by atoms with E-state index in [1.807, 2.05) is 12.1 Å². The third-order valence-electron chi connectivity index (χ3n) is 3.29. The predicted molar refractivity (Wildman–Crippen MR) is 78.6 cm³/mol. The largest absolute Gasteiger partial charge is 0.476 e. The van der Waals surface area contributed by atoms with E-state index in [1.54, 1.807) is 12.1 Å². The highest BCUT2D eigenvalue weighted by molar-refractivity contribution is 5.96. The summed E-state index contributed by atoms with van der Waals surface area (Å²) in [7, 11) is 0. The van der Waals surface area contributed by atoms with E-state index >= 15 is 0 Å². The Morgan fingerprint density at radius 1 is 1.14 bits per heavy atom. The second-order valence-corrected chi connectivity index (χ2v) is 4.91. The minimum atomic E-state index is -1.15. The second kappa shape index (κ2) is 6.83. The monoisotopic (exact) mass is 286 g/mol. The summed E-state index contributed by atoms with van der Waals surface area (Å²) in [6, 6.07) is 8.69. The molecule has 21 heavy (non-hydrogen) atoms. The van der Waals surface area contributed by atoms with E-state index in [1.165, 1.54) is 30.7 Å². The van der Waals surface area contributed by atoms with E-state index < -0.39 is 5.97 Å². The molecular weight excluding hydrogens is 268 g/mol. The van der Waals surface area contributed by atoms with Gasteiger partial charge in [-0.3, -0.25) is 4.79 Å². The number of aromatic nitrogens is 2. The van der Waals surface area contributed by atoms with Gasteiger partial charge in [0.15, 0.2) is 5.69 Å². The van der Waals surface area contributed by atoms with Crippen LogP contribution in [0, 0.1) is 0 Å². The first-order valence-corrected chi connectivity index (χ1v) is 7.04. The van der Waals surface area contributed by atoms with Crippen molar-refractivity contribution in [1.29, 1.82) is 0 Å². The van der Waals surface area contributed by atoms with Crippen molar-refractivity contribution in [2.45, 2.75) is 32.6 Å². The van der Waals surface area contributed by atoms with Gasteiger partial charge in [0, 0.05) is 11.8 Å². The fourth-order valence-corrected chi connectivity index (χ4v) is 2.08. The minimum Gasteiger partial charge on any atom is -0.476 e. The summed E-state index contributed by atoms with van der Waals surface area (Å²) in [5, 5.41) is 12.5. The van der Waals surface area contributed by atoms with Crippen molar-refractivity contribution in [2.75, 3.05) is 0 Å². The van der Waals surface area contributed by atoms with Crippen LogP contribution in [0.2, 0.25) is 0 Å². The third-order valence-corrected chi connectivity index (χ3v) is 3.29. The molecule has 0 atom stereocenters. The normalized spacial score (nSPS) is 10.5. The second-order valence-electron chi connectivity index (χ2n) is 4.91. The minimum absolute atomic E-state index is 0.139. The third kappa shape index (κ3) is 3.78. The van der Waals surface area contributed by atoms with Crippen LogP contribution in [-0.4, -0.2) is 26.8 Å². The fraction of sp³-hybridized carbons (Fsp3) is 0.312. The zero-order chi connectivity index (χ0) is 15.2.